The van der Waals surface area contributed by atoms with E-state index in [0.29, 0.717) is 6.04 Å². The number of aromatic nitrogens is 2. The lowest BCUT2D eigenvalue weighted by molar-refractivity contribution is 0.194. The minimum atomic E-state index is 0.602. The normalized spacial score (nSPS) is 20.8. The maximum absolute atomic E-state index is 6.08. The summed E-state index contributed by atoms with van der Waals surface area (Å²) in [5.41, 5.74) is 8.88. The molecule has 1 saturated heterocycles. The molecule has 0 bridgehead atoms. The Labute approximate surface area is 113 Å². The van der Waals surface area contributed by atoms with Gasteiger partial charge in [-0.15, -0.1) is 0 Å². The predicted molar refractivity (Wildman–Crippen MR) is 79.3 cm³/mol. The van der Waals surface area contributed by atoms with E-state index in [9.17, 15) is 0 Å². The second-order valence-electron chi connectivity index (χ2n) is 5.41. The molecule has 4 N–H and O–H groups in total. The second-order valence-corrected chi connectivity index (χ2v) is 5.41. The number of rotatable bonds is 3. The largest absolute Gasteiger partial charge is 0.397 e. The summed E-state index contributed by atoms with van der Waals surface area (Å²) in [6.07, 6.45) is 5.70. The van der Waals surface area contributed by atoms with Crippen LogP contribution < -0.4 is 11.1 Å². The number of aromatic amines is 1. The fraction of sp³-hybridized carbons (Fsp3) is 0.500. The summed E-state index contributed by atoms with van der Waals surface area (Å²) in [5, 5.41) is 11.5. The molecule has 0 saturated carbocycles. The van der Waals surface area contributed by atoms with Gasteiger partial charge in [-0.1, -0.05) is 6.42 Å². The van der Waals surface area contributed by atoms with E-state index in [4.69, 9.17) is 5.73 Å². The van der Waals surface area contributed by atoms with Crippen LogP contribution in [0.1, 0.15) is 19.3 Å². The molecule has 1 fully saturated rings. The third kappa shape index (κ3) is 2.51. The van der Waals surface area contributed by atoms with Crippen LogP contribution in [0.3, 0.4) is 0 Å². The van der Waals surface area contributed by atoms with Crippen molar-refractivity contribution in [2.75, 3.05) is 31.2 Å². The van der Waals surface area contributed by atoms with Crippen molar-refractivity contribution in [3.8, 4) is 0 Å². The Morgan fingerprint density at radius 3 is 3.21 bits per heavy atom. The second kappa shape index (κ2) is 5.09. The van der Waals surface area contributed by atoms with Crippen molar-refractivity contribution in [3.63, 3.8) is 0 Å². The first-order chi connectivity index (χ1) is 9.24. The van der Waals surface area contributed by atoms with E-state index in [-0.39, 0.29) is 0 Å². The molecular weight excluding hydrogens is 238 g/mol. The summed E-state index contributed by atoms with van der Waals surface area (Å²) >= 11 is 0. The predicted octanol–water partition coefficient (Wildman–Crippen LogP) is 2.04. The molecule has 1 aliphatic heterocycles. The number of likely N-dealkylation sites (tertiary alicyclic amines) is 1. The van der Waals surface area contributed by atoms with Gasteiger partial charge in [0.25, 0.3) is 0 Å². The van der Waals surface area contributed by atoms with E-state index in [1.165, 1.54) is 25.8 Å². The van der Waals surface area contributed by atoms with Gasteiger partial charge in [-0.25, -0.2) is 0 Å². The Bertz CT molecular complexity index is 562. The molecule has 0 amide bonds. The van der Waals surface area contributed by atoms with Crippen LogP contribution in [0.2, 0.25) is 0 Å². The highest BCUT2D eigenvalue weighted by molar-refractivity contribution is 5.88. The third-order valence-electron chi connectivity index (χ3n) is 4.06. The first-order valence-electron chi connectivity index (χ1n) is 6.91. The number of nitrogens with one attached hydrogen (secondary N) is 2. The molecule has 1 unspecified atom stereocenters. The van der Waals surface area contributed by atoms with Crippen LogP contribution in [0.4, 0.5) is 11.4 Å². The van der Waals surface area contributed by atoms with E-state index in [1.54, 1.807) is 6.20 Å². The molecule has 1 aliphatic rings. The molecule has 2 aromatic rings. The molecule has 5 heteroatoms. The molecule has 0 spiro atoms. The zero-order valence-corrected chi connectivity index (χ0v) is 11.3. The maximum atomic E-state index is 6.08. The Kier molecular flexibility index (Phi) is 3.29. The maximum Gasteiger partial charge on any atom is 0.0672 e. The number of hydrogen-bond donors (Lipinski definition) is 3. The number of nitrogens with zero attached hydrogens (tertiary/aromatic N) is 2. The van der Waals surface area contributed by atoms with Crippen LogP contribution in [0.5, 0.6) is 0 Å². The van der Waals surface area contributed by atoms with E-state index in [2.05, 4.69) is 27.5 Å². The lowest BCUT2D eigenvalue weighted by atomic mass is 10.0. The zero-order chi connectivity index (χ0) is 13.2. The molecule has 19 heavy (non-hydrogen) atoms. The summed E-state index contributed by atoms with van der Waals surface area (Å²) in [7, 11) is 2.20. The minimum absolute atomic E-state index is 0.602. The van der Waals surface area contributed by atoms with E-state index in [0.717, 1.165) is 28.8 Å². The number of fused-ring (bicyclic) bond motifs is 1. The van der Waals surface area contributed by atoms with Crippen molar-refractivity contribution in [2.45, 2.75) is 25.3 Å². The summed E-state index contributed by atoms with van der Waals surface area (Å²) < 4.78 is 0. The van der Waals surface area contributed by atoms with Crippen LogP contribution >= 0.6 is 0 Å². The summed E-state index contributed by atoms with van der Waals surface area (Å²) in [6.45, 7) is 2.14. The average molecular weight is 259 g/mol. The van der Waals surface area contributed by atoms with Crippen LogP contribution in [-0.2, 0) is 0 Å². The molecule has 0 aliphatic carbocycles. The quantitative estimate of drug-likeness (QED) is 0.738. The van der Waals surface area contributed by atoms with Crippen LogP contribution in [0.15, 0.2) is 18.3 Å². The van der Waals surface area contributed by atoms with Gasteiger partial charge in [0.1, 0.15) is 0 Å². The van der Waals surface area contributed by atoms with Crippen molar-refractivity contribution >= 4 is 22.3 Å². The lowest BCUT2D eigenvalue weighted by Gasteiger charge is -2.32. The van der Waals surface area contributed by atoms with Crippen molar-refractivity contribution in [2.24, 2.45) is 0 Å². The van der Waals surface area contributed by atoms with Crippen molar-refractivity contribution in [3.05, 3.63) is 18.3 Å². The van der Waals surface area contributed by atoms with Gasteiger partial charge in [0.05, 0.1) is 23.1 Å². The summed E-state index contributed by atoms with van der Waals surface area (Å²) in [5.74, 6) is 0. The van der Waals surface area contributed by atoms with Crippen LogP contribution in [0, 0.1) is 0 Å². The van der Waals surface area contributed by atoms with E-state index in [1.807, 2.05) is 12.1 Å². The number of anilines is 2. The molecule has 102 valence electrons. The van der Waals surface area contributed by atoms with Crippen LogP contribution in [-0.4, -0.2) is 41.3 Å². The van der Waals surface area contributed by atoms with Gasteiger partial charge >= 0.3 is 0 Å². The molecule has 5 nitrogen and oxygen atoms in total. The average Bonchev–Trinajstić information content (AvgIpc) is 2.84. The van der Waals surface area contributed by atoms with Crippen molar-refractivity contribution in [1.29, 1.82) is 0 Å². The first kappa shape index (κ1) is 12.3. The van der Waals surface area contributed by atoms with Gasteiger partial charge in [-0.2, -0.15) is 5.10 Å². The van der Waals surface area contributed by atoms with Gasteiger partial charge in [-0.3, -0.25) is 5.10 Å². The van der Waals surface area contributed by atoms with E-state index >= 15 is 0 Å². The number of nitrogen functional groups attached to an aromatic ring is 1. The molecular formula is C14H21N5. The number of nitrogens with two attached hydrogens (primary N) is 1. The molecule has 1 aromatic heterocycles. The minimum Gasteiger partial charge on any atom is -0.397 e. The van der Waals surface area contributed by atoms with Gasteiger partial charge in [0, 0.05) is 18.0 Å². The summed E-state index contributed by atoms with van der Waals surface area (Å²) in [4.78, 5) is 2.43. The molecule has 1 aromatic carbocycles. The van der Waals surface area contributed by atoms with Gasteiger partial charge in [0.15, 0.2) is 0 Å². The SMILES string of the molecule is CN1CCCCC1CNc1cc2[nH]ncc2cc1N. The van der Waals surface area contributed by atoms with Crippen LogP contribution in [0.25, 0.3) is 10.9 Å². The molecule has 3 rings (SSSR count). The number of piperidine rings is 1. The van der Waals surface area contributed by atoms with Gasteiger partial charge in [0.2, 0.25) is 0 Å². The smallest absolute Gasteiger partial charge is 0.0672 e. The number of likely N-dealkylation sites (N-methyl/N-ethyl adjacent to an activating group) is 1. The van der Waals surface area contributed by atoms with Crippen molar-refractivity contribution < 1.29 is 0 Å². The highest BCUT2D eigenvalue weighted by Crippen LogP contribution is 2.25. The fourth-order valence-corrected chi connectivity index (χ4v) is 2.79. The summed E-state index contributed by atoms with van der Waals surface area (Å²) in [6, 6.07) is 4.61. The third-order valence-corrected chi connectivity index (χ3v) is 4.06. The van der Waals surface area contributed by atoms with Crippen molar-refractivity contribution in [1.82, 2.24) is 15.1 Å². The highest BCUT2D eigenvalue weighted by atomic mass is 15.2. The fourth-order valence-electron chi connectivity index (χ4n) is 2.79. The Morgan fingerprint density at radius 1 is 1.47 bits per heavy atom. The molecule has 1 atom stereocenters. The number of H-pyrrole nitrogens is 1. The lowest BCUT2D eigenvalue weighted by Crippen LogP contribution is -2.40. The number of benzene rings is 1. The molecule has 2 heterocycles. The Morgan fingerprint density at radius 2 is 2.37 bits per heavy atom. The standard InChI is InChI=1S/C14H21N5/c1-19-5-3-2-4-11(19)9-16-14-7-13-10(6-12(14)15)8-17-18-13/h6-8,11,16H,2-5,9,15H2,1H3,(H,17,18). The Balaban J connectivity index is 1.72. The van der Waals surface area contributed by atoms with Gasteiger partial charge < -0.3 is 16.0 Å². The topological polar surface area (TPSA) is 70.0 Å². The highest BCUT2D eigenvalue weighted by Gasteiger charge is 2.18. The zero-order valence-electron chi connectivity index (χ0n) is 11.3. The van der Waals surface area contributed by atoms with E-state index < -0.39 is 0 Å². The Hall–Kier alpha value is -1.75. The monoisotopic (exact) mass is 259 g/mol. The first-order valence-corrected chi connectivity index (χ1v) is 6.91. The van der Waals surface area contributed by atoms with Gasteiger partial charge in [-0.05, 0) is 38.6 Å². The number of hydrogen-bond acceptors (Lipinski definition) is 4. The molecule has 0 radical (unpaired) electrons.